The SMILES string of the molecule is O=C(NCc1ccc(F)cc1)c1cnn2c1N[C@@H](c1ccc(OC3COC3)cc1)C[C@H]2C(F)(F)F. The van der Waals surface area contributed by atoms with Crippen molar-refractivity contribution in [3.05, 3.63) is 77.2 Å². The van der Waals surface area contributed by atoms with E-state index in [-0.39, 0.29) is 30.5 Å². The number of fused-ring (bicyclic) bond motifs is 1. The quantitative estimate of drug-likeness (QED) is 0.502. The van der Waals surface area contributed by atoms with Crippen LogP contribution in [0, 0.1) is 5.82 Å². The molecule has 5 rings (SSSR count). The van der Waals surface area contributed by atoms with E-state index in [1.807, 2.05) is 0 Å². The van der Waals surface area contributed by atoms with Gasteiger partial charge >= 0.3 is 6.18 Å². The lowest BCUT2D eigenvalue weighted by Gasteiger charge is -2.34. The van der Waals surface area contributed by atoms with Crippen LogP contribution in [0.5, 0.6) is 5.75 Å². The zero-order valence-electron chi connectivity index (χ0n) is 18.4. The molecule has 7 nitrogen and oxygen atoms in total. The number of ether oxygens (including phenoxy) is 2. The normalized spacial score (nSPS) is 19.9. The molecule has 1 fully saturated rings. The highest BCUT2D eigenvalue weighted by molar-refractivity contribution is 5.98. The number of hydrogen-bond donors (Lipinski definition) is 2. The van der Waals surface area contributed by atoms with Crippen molar-refractivity contribution in [2.24, 2.45) is 0 Å². The third-order valence-corrected chi connectivity index (χ3v) is 6.04. The van der Waals surface area contributed by atoms with Crippen molar-refractivity contribution in [2.45, 2.75) is 37.3 Å². The topological polar surface area (TPSA) is 77.4 Å². The highest BCUT2D eigenvalue weighted by atomic mass is 19.4. The van der Waals surface area contributed by atoms with E-state index >= 15 is 0 Å². The Balaban J connectivity index is 1.36. The van der Waals surface area contributed by atoms with Crippen molar-refractivity contribution in [2.75, 3.05) is 18.5 Å². The number of benzene rings is 2. The summed E-state index contributed by atoms with van der Waals surface area (Å²) in [6.45, 7) is 1.10. The number of carbonyl (C=O) groups is 1. The summed E-state index contributed by atoms with van der Waals surface area (Å²) in [5.74, 6) is -0.393. The van der Waals surface area contributed by atoms with Gasteiger partial charge in [-0.15, -0.1) is 0 Å². The van der Waals surface area contributed by atoms with Crippen molar-refractivity contribution >= 4 is 11.7 Å². The predicted octanol–water partition coefficient (Wildman–Crippen LogP) is 4.39. The number of anilines is 1. The van der Waals surface area contributed by atoms with Crippen LogP contribution in [0.3, 0.4) is 0 Å². The van der Waals surface area contributed by atoms with E-state index in [1.165, 1.54) is 24.3 Å². The van der Waals surface area contributed by atoms with Crippen molar-refractivity contribution in [1.29, 1.82) is 0 Å². The zero-order valence-corrected chi connectivity index (χ0v) is 18.4. The molecule has 0 spiro atoms. The van der Waals surface area contributed by atoms with Crippen molar-refractivity contribution in [3.63, 3.8) is 0 Å². The van der Waals surface area contributed by atoms with E-state index in [0.29, 0.717) is 30.1 Å². The standard InChI is InChI=1S/C24H22F4N4O3/c25-16-5-1-14(2-6-16)10-29-23(33)19-11-30-32-21(24(26,27)28)9-20(31-22(19)32)15-3-7-17(8-4-15)35-18-12-34-13-18/h1-8,11,18,20-21,31H,9-10,12-13H2,(H,29,33)/t20-,21+/m1/s1. The zero-order chi connectivity index (χ0) is 24.6. The Morgan fingerprint density at radius 2 is 1.86 bits per heavy atom. The van der Waals surface area contributed by atoms with E-state index in [0.717, 1.165) is 10.9 Å². The van der Waals surface area contributed by atoms with E-state index in [1.54, 1.807) is 24.3 Å². The fourth-order valence-corrected chi connectivity index (χ4v) is 4.08. The van der Waals surface area contributed by atoms with Gasteiger partial charge < -0.3 is 20.1 Å². The van der Waals surface area contributed by atoms with Gasteiger partial charge in [0.05, 0.1) is 25.5 Å². The molecule has 2 atom stereocenters. The van der Waals surface area contributed by atoms with Crippen LogP contribution in [0.1, 0.15) is 40.0 Å². The largest absolute Gasteiger partial charge is 0.486 e. The first-order valence-corrected chi connectivity index (χ1v) is 11.1. The minimum atomic E-state index is -4.56. The van der Waals surface area contributed by atoms with Gasteiger partial charge in [-0.1, -0.05) is 24.3 Å². The Morgan fingerprint density at radius 1 is 1.14 bits per heavy atom. The predicted molar refractivity (Wildman–Crippen MR) is 118 cm³/mol. The molecule has 0 aliphatic carbocycles. The molecule has 0 bridgehead atoms. The summed E-state index contributed by atoms with van der Waals surface area (Å²) in [4.78, 5) is 12.8. The molecular weight excluding hydrogens is 468 g/mol. The molecule has 2 N–H and O–H groups in total. The lowest BCUT2D eigenvalue weighted by Crippen LogP contribution is -2.38. The molecule has 184 valence electrons. The molecule has 35 heavy (non-hydrogen) atoms. The Hall–Kier alpha value is -3.60. The second kappa shape index (κ2) is 9.21. The maximum Gasteiger partial charge on any atom is 0.410 e. The lowest BCUT2D eigenvalue weighted by molar-refractivity contribution is -0.173. The monoisotopic (exact) mass is 490 g/mol. The third-order valence-electron chi connectivity index (χ3n) is 6.04. The van der Waals surface area contributed by atoms with Crippen LogP contribution >= 0.6 is 0 Å². The maximum atomic E-state index is 13.9. The molecule has 3 heterocycles. The minimum Gasteiger partial charge on any atom is -0.486 e. The summed E-state index contributed by atoms with van der Waals surface area (Å²) in [7, 11) is 0. The summed E-state index contributed by atoms with van der Waals surface area (Å²) < 4.78 is 66.5. The smallest absolute Gasteiger partial charge is 0.410 e. The molecule has 1 saturated heterocycles. The minimum absolute atomic E-state index is 0.00371. The molecule has 0 unspecified atom stereocenters. The number of nitrogens with one attached hydrogen (secondary N) is 2. The highest BCUT2D eigenvalue weighted by Crippen LogP contribution is 2.44. The van der Waals surface area contributed by atoms with E-state index in [4.69, 9.17) is 9.47 Å². The van der Waals surface area contributed by atoms with Crippen LogP contribution in [0.4, 0.5) is 23.4 Å². The number of hydrogen-bond acceptors (Lipinski definition) is 5. The Morgan fingerprint density at radius 3 is 2.49 bits per heavy atom. The molecule has 11 heteroatoms. The summed E-state index contributed by atoms with van der Waals surface area (Å²) in [5, 5.41) is 9.59. The lowest BCUT2D eigenvalue weighted by atomic mass is 9.96. The second-order valence-electron chi connectivity index (χ2n) is 8.50. The third kappa shape index (κ3) is 4.95. The van der Waals surface area contributed by atoms with Crippen LogP contribution in [-0.4, -0.2) is 41.2 Å². The van der Waals surface area contributed by atoms with Crippen molar-refractivity contribution in [3.8, 4) is 5.75 Å². The van der Waals surface area contributed by atoms with Crippen molar-refractivity contribution < 1.29 is 31.8 Å². The molecule has 2 aromatic carbocycles. The number of carbonyl (C=O) groups excluding carboxylic acids is 1. The second-order valence-corrected chi connectivity index (χ2v) is 8.50. The van der Waals surface area contributed by atoms with Gasteiger partial charge in [-0.3, -0.25) is 4.79 Å². The Labute approximate surface area is 198 Å². The fourth-order valence-electron chi connectivity index (χ4n) is 4.08. The first kappa shape index (κ1) is 23.2. The summed E-state index contributed by atoms with van der Waals surface area (Å²) in [6.07, 6.45) is -3.74. The van der Waals surface area contributed by atoms with E-state index < -0.39 is 30.0 Å². The number of nitrogens with zero attached hydrogens (tertiary/aromatic N) is 2. The first-order valence-electron chi connectivity index (χ1n) is 11.1. The van der Waals surface area contributed by atoms with Gasteiger partial charge in [-0.2, -0.15) is 18.3 Å². The summed E-state index contributed by atoms with van der Waals surface area (Å²) in [5.41, 5.74) is 1.27. The molecule has 3 aromatic rings. The van der Waals surface area contributed by atoms with Gasteiger partial charge in [-0.25, -0.2) is 9.07 Å². The number of rotatable bonds is 6. The average molecular weight is 490 g/mol. The Bertz CT molecular complexity index is 1190. The van der Waals surface area contributed by atoms with Crippen molar-refractivity contribution in [1.82, 2.24) is 15.1 Å². The van der Waals surface area contributed by atoms with E-state index in [9.17, 15) is 22.4 Å². The van der Waals surface area contributed by atoms with Crippen LogP contribution in [0.25, 0.3) is 0 Å². The molecule has 2 aliphatic rings. The molecule has 0 radical (unpaired) electrons. The van der Waals surface area contributed by atoms with E-state index in [2.05, 4.69) is 15.7 Å². The van der Waals surface area contributed by atoms with Gasteiger partial charge in [-0.05, 0) is 35.4 Å². The molecule has 1 aromatic heterocycles. The fraction of sp³-hybridized carbons (Fsp3) is 0.333. The van der Waals surface area contributed by atoms with Gasteiger partial charge in [0.1, 0.15) is 29.1 Å². The van der Waals surface area contributed by atoms with Gasteiger partial charge in [0.15, 0.2) is 6.04 Å². The average Bonchev–Trinajstić information content (AvgIpc) is 3.24. The van der Waals surface area contributed by atoms with Gasteiger partial charge in [0.2, 0.25) is 0 Å². The first-order chi connectivity index (χ1) is 16.8. The molecule has 1 amide bonds. The molecular formula is C24H22F4N4O3. The number of alkyl halides is 3. The Kier molecular flexibility index (Phi) is 6.10. The van der Waals surface area contributed by atoms with Crippen LogP contribution < -0.4 is 15.4 Å². The maximum absolute atomic E-state index is 13.9. The number of aromatic nitrogens is 2. The summed E-state index contributed by atoms with van der Waals surface area (Å²) >= 11 is 0. The van der Waals surface area contributed by atoms with Crippen LogP contribution in [0.2, 0.25) is 0 Å². The molecule has 2 aliphatic heterocycles. The van der Waals surface area contributed by atoms with Crippen LogP contribution in [-0.2, 0) is 11.3 Å². The van der Waals surface area contributed by atoms with Crippen LogP contribution in [0.15, 0.2) is 54.7 Å². The highest BCUT2D eigenvalue weighted by Gasteiger charge is 2.47. The number of amides is 1. The molecule has 0 saturated carbocycles. The summed E-state index contributed by atoms with van der Waals surface area (Å²) in [6, 6.07) is 9.80. The van der Waals surface area contributed by atoms with Gasteiger partial charge in [0, 0.05) is 13.0 Å². The van der Waals surface area contributed by atoms with Gasteiger partial charge in [0.25, 0.3) is 5.91 Å². The number of halogens is 4.